The average molecular weight is 567 g/mol. The largest absolute Gasteiger partial charge is 0.508 e. The van der Waals surface area contributed by atoms with Crippen LogP contribution in [0.3, 0.4) is 0 Å². The standard InChI is InChI=1S/C32H22O10/c1-39-18-10-20(34)30-23(37)13-27(41-28(30)11-18)16-5-8-25(40-2)19(9-16)29-21(35)12-22(36)31-24(38)14-26(42-32(29)31)15-3-6-17(33)7-4-15/h3-14,33,35-37H,1-2H3. The molecule has 0 amide bonds. The van der Waals surface area contributed by atoms with Crippen molar-refractivity contribution in [2.24, 2.45) is 0 Å². The number of fused-ring (bicyclic) bond motifs is 2. The summed E-state index contributed by atoms with van der Waals surface area (Å²) in [6.07, 6.45) is 0. The van der Waals surface area contributed by atoms with Crippen LogP contribution in [0.25, 0.3) is 56.1 Å². The number of phenols is 3. The van der Waals surface area contributed by atoms with Crippen LogP contribution < -0.4 is 20.3 Å². The quantitative estimate of drug-likeness (QED) is 0.204. The third-order valence-electron chi connectivity index (χ3n) is 6.88. The molecule has 10 nitrogen and oxygen atoms in total. The van der Waals surface area contributed by atoms with Gasteiger partial charge in [-0.05, 0) is 42.5 Å². The molecule has 0 spiro atoms. The Kier molecular flexibility index (Phi) is 6.23. The van der Waals surface area contributed by atoms with Crippen LogP contribution >= 0.6 is 0 Å². The van der Waals surface area contributed by atoms with Gasteiger partial charge in [-0.25, -0.2) is 0 Å². The highest BCUT2D eigenvalue weighted by atomic mass is 16.5. The van der Waals surface area contributed by atoms with E-state index in [0.29, 0.717) is 11.1 Å². The summed E-state index contributed by atoms with van der Waals surface area (Å²) in [4.78, 5) is 25.7. The molecule has 42 heavy (non-hydrogen) atoms. The number of aromatic hydroxyl groups is 4. The first-order chi connectivity index (χ1) is 20.2. The van der Waals surface area contributed by atoms with Crippen LogP contribution in [0.2, 0.25) is 0 Å². The van der Waals surface area contributed by atoms with Crippen molar-refractivity contribution in [1.29, 1.82) is 0 Å². The predicted molar refractivity (Wildman–Crippen MR) is 154 cm³/mol. The maximum Gasteiger partial charge on any atom is 0.197 e. The molecule has 0 saturated heterocycles. The van der Waals surface area contributed by atoms with E-state index in [1.807, 2.05) is 0 Å². The van der Waals surface area contributed by atoms with Gasteiger partial charge in [0, 0.05) is 47.0 Å². The molecule has 6 rings (SSSR count). The van der Waals surface area contributed by atoms with Gasteiger partial charge < -0.3 is 38.7 Å². The number of phenolic OH excluding ortho intramolecular Hbond substituents is 3. The molecule has 2 aliphatic rings. The lowest BCUT2D eigenvalue weighted by Crippen LogP contribution is -2.05. The molecule has 210 valence electrons. The fourth-order valence-electron chi connectivity index (χ4n) is 4.89. The summed E-state index contributed by atoms with van der Waals surface area (Å²) < 4.78 is 22.8. The van der Waals surface area contributed by atoms with Gasteiger partial charge >= 0.3 is 0 Å². The maximum absolute atomic E-state index is 13.2. The van der Waals surface area contributed by atoms with E-state index in [1.165, 1.54) is 50.6 Å². The van der Waals surface area contributed by atoms with Gasteiger partial charge in [0.25, 0.3) is 0 Å². The van der Waals surface area contributed by atoms with E-state index in [9.17, 15) is 30.0 Å². The Hall–Kier alpha value is -5.90. The van der Waals surface area contributed by atoms with E-state index < -0.39 is 22.4 Å². The van der Waals surface area contributed by atoms with E-state index in [1.54, 1.807) is 30.3 Å². The second-order valence-electron chi connectivity index (χ2n) is 9.43. The zero-order valence-electron chi connectivity index (χ0n) is 22.2. The lowest BCUT2D eigenvalue weighted by Gasteiger charge is -2.16. The second-order valence-corrected chi connectivity index (χ2v) is 9.43. The molecule has 10 heteroatoms. The third-order valence-corrected chi connectivity index (χ3v) is 6.88. The molecule has 0 saturated carbocycles. The Balaban J connectivity index is 1.62. The molecule has 1 aromatic heterocycles. The molecule has 0 unspecified atom stereocenters. The van der Waals surface area contributed by atoms with Crippen LogP contribution in [0.1, 0.15) is 0 Å². The first-order valence-electron chi connectivity index (χ1n) is 12.5. The molecule has 4 N–H and O–H groups in total. The SMILES string of the molecule is COc1cc2oc(-c3ccc(OC)c(-c4c(O)cc(O)c5c(=O)cc(-c6ccc(O)cc6)oc45)c3)cc(O)c-2c(=O)c1. The minimum atomic E-state index is -0.565. The predicted octanol–water partition coefficient (Wildman–Crippen LogP) is 5.69. The fraction of sp³-hybridized carbons (Fsp3) is 0.0625. The van der Waals surface area contributed by atoms with Gasteiger partial charge in [-0.3, -0.25) is 9.59 Å². The third kappa shape index (κ3) is 4.31. The normalized spacial score (nSPS) is 11.2. The zero-order chi connectivity index (χ0) is 29.7. The number of methoxy groups -OCH3 is 2. The average Bonchev–Trinajstić information content (AvgIpc) is 2.96. The van der Waals surface area contributed by atoms with Crippen molar-refractivity contribution in [1.82, 2.24) is 0 Å². The first kappa shape index (κ1) is 26.3. The molecular formula is C32H22O10. The molecule has 0 radical (unpaired) electrons. The van der Waals surface area contributed by atoms with Crippen LogP contribution in [0.15, 0.2) is 91.2 Å². The maximum atomic E-state index is 13.2. The van der Waals surface area contributed by atoms with Gasteiger partial charge in [-0.2, -0.15) is 0 Å². The van der Waals surface area contributed by atoms with E-state index in [-0.39, 0.29) is 67.9 Å². The highest BCUT2D eigenvalue weighted by Gasteiger charge is 2.24. The van der Waals surface area contributed by atoms with Crippen LogP contribution in [-0.2, 0) is 0 Å². The lowest BCUT2D eigenvalue weighted by molar-refractivity contribution is 0.411. The Morgan fingerprint density at radius 3 is 2.00 bits per heavy atom. The van der Waals surface area contributed by atoms with Gasteiger partial charge in [0.05, 0.1) is 19.8 Å². The van der Waals surface area contributed by atoms with E-state index >= 15 is 0 Å². The van der Waals surface area contributed by atoms with Gasteiger partial charge in [0.2, 0.25) is 0 Å². The van der Waals surface area contributed by atoms with Crippen molar-refractivity contribution in [2.45, 2.75) is 0 Å². The topological polar surface area (TPSA) is 160 Å². The number of rotatable bonds is 5. The number of benzene rings is 4. The number of ether oxygens (including phenoxy) is 2. The Morgan fingerprint density at radius 2 is 1.29 bits per heavy atom. The van der Waals surface area contributed by atoms with E-state index in [4.69, 9.17) is 18.3 Å². The highest BCUT2D eigenvalue weighted by molar-refractivity contribution is 6.01. The number of hydrogen-bond acceptors (Lipinski definition) is 10. The minimum absolute atomic E-state index is 0.0148. The van der Waals surface area contributed by atoms with Crippen LogP contribution in [0.4, 0.5) is 0 Å². The molecular weight excluding hydrogens is 544 g/mol. The Labute approximate surface area is 236 Å². The molecule has 0 atom stereocenters. The summed E-state index contributed by atoms with van der Waals surface area (Å²) >= 11 is 0. The molecule has 4 aromatic rings. The van der Waals surface area contributed by atoms with Gasteiger partial charge in [0.15, 0.2) is 16.4 Å². The van der Waals surface area contributed by atoms with E-state index in [2.05, 4.69) is 0 Å². The molecule has 1 aliphatic heterocycles. The molecule has 2 heterocycles. The van der Waals surface area contributed by atoms with Gasteiger partial charge in [0.1, 0.15) is 62.7 Å². The molecule has 1 aliphatic carbocycles. The summed E-state index contributed by atoms with van der Waals surface area (Å²) in [5.41, 5.74) is 0.0334. The second kappa shape index (κ2) is 9.93. The van der Waals surface area contributed by atoms with Crippen molar-refractivity contribution in [2.75, 3.05) is 14.2 Å². The van der Waals surface area contributed by atoms with Crippen molar-refractivity contribution >= 4 is 11.0 Å². The van der Waals surface area contributed by atoms with Crippen LogP contribution in [-0.4, -0.2) is 34.6 Å². The van der Waals surface area contributed by atoms with Crippen molar-refractivity contribution < 1.29 is 38.7 Å². The van der Waals surface area contributed by atoms with Crippen molar-refractivity contribution in [3.05, 3.63) is 93.2 Å². The van der Waals surface area contributed by atoms with Crippen molar-refractivity contribution in [3.63, 3.8) is 0 Å². The number of hydrogen-bond donors (Lipinski definition) is 4. The zero-order valence-corrected chi connectivity index (χ0v) is 22.2. The molecule has 0 bridgehead atoms. The minimum Gasteiger partial charge on any atom is -0.508 e. The van der Waals surface area contributed by atoms with Crippen molar-refractivity contribution in [3.8, 4) is 79.6 Å². The summed E-state index contributed by atoms with van der Waals surface area (Å²) in [6, 6.07) is 17.0. The monoisotopic (exact) mass is 566 g/mol. The Morgan fingerprint density at radius 1 is 0.595 bits per heavy atom. The molecule has 0 fully saturated rings. The Bertz CT molecular complexity index is 2090. The van der Waals surface area contributed by atoms with Gasteiger partial charge in [-0.1, -0.05) is 0 Å². The summed E-state index contributed by atoms with van der Waals surface area (Å²) in [7, 11) is 2.82. The van der Waals surface area contributed by atoms with Gasteiger partial charge in [-0.15, -0.1) is 0 Å². The summed E-state index contributed by atoms with van der Waals surface area (Å²) in [5, 5.41) is 41.9. The van der Waals surface area contributed by atoms with E-state index in [0.717, 1.165) is 6.07 Å². The fourth-order valence-corrected chi connectivity index (χ4v) is 4.89. The van der Waals surface area contributed by atoms with Crippen LogP contribution in [0.5, 0.6) is 34.5 Å². The lowest BCUT2D eigenvalue weighted by atomic mass is 9.96. The first-order valence-corrected chi connectivity index (χ1v) is 12.5. The highest BCUT2D eigenvalue weighted by Crippen LogP contribution is 2.46. The summed E-state index contributed by atoms with van der Waals surface area (Å²) in [5.74, 6) is -0.237. The van der Waals surface area contributed by atoms with Crippen LogP contribution in [0, 0.1) is 0 Å². The summed E-state index contributed by atoms with van der Waals surface area (Å²) in [6.45, 7) is 0. The smallest absolute Gasteiger partial charge is 0.197 e. The molecule has 3 aromatic carbocycles.